The third-order valence-electron chi connectivity index (χ3n) is 19.9. The highest BCUT2D eigenvalue weighted by Gasteiger charge is 2.47. The zero-order valence-electron chi connectivity index (χ0n) is 51.9. The van der Waals surface area contributed by atoms with Gasteiger partial charge in [0.1, 0.15) is 0 Å². The molecular formula is C90H59BN4. The molecule has 0 fully saturated rings. The van der Waals surface area contributed by atoms with Gasteiger partial charge < -0.3 is 18.9 Å². The normalized spacial score (nSPS) is 12.4. The van der Waals surface area contributed by atoms with Gasteiger partial charge in [-0.3, -0.25) is 0 Å². The molecule has 0 saturated carbocycles. The van der Waals surface area contributed by atoms with Crippen LogP contribution in [-0.4, -0.2) is 15.8 Å². The van der Waals surface area contributed by atoms with Gasteiger partial charge in [0.05, 0.1) is 44.8 Å². The first kappa shape index (κ1) is 54.3. The zero-order valence-corrected chi connectivity index (χ0v) is 51.9. The summed E-state index contributed by atoms with van der Waals surface area (Å²) in [5, 5.41) is 4.77. The Morgan fingerprint density at radius 3 is 1.11 bits per heavy atom. The predicted molar refractivity (Wildman–Crippen MR) is 402 cm³/mol. The summed E-state index contributed by atoms with van der Waals surface area (Å²) >= 11 is 0. The fourth-order valence-corrected chi connectivity index (χ4v) is 15.8. The molecule has 19 rings (SSSR count). The molecule has 2 aromatic heterocycles. The second-order valence-electron chi connectivity index (χ2n) is 25.0. The van der Waals surface area contributed by atoms with Crippen molar-refractivity contribution < 1.29 is 0 Å². The molecule has 0 radical (unpaired) electrons. The summed E-state index contributed by atoms with van der Waals surface area (Å²) in [4.78, 5) is 5.40. The first-order valence-corrected chi connectivity index (χ1v) is 32.9. The van der Waals surface area contributed by atoms with E-state index in [9.17, 15) is 0 Å². The van der Waals surface area contributed by atoms with Crippen molar-refractivity contribution in [2.45, 2.75) is 0 Å². The van der Waals surface area contributed by atoms with Gasteiger partial charge >= 0.3 is 0 Å². The summed E-state index contributed by atoms with van der Waals surface area (Å²) in [5.41, 5.74) is 30.8. The van der Waals surface area contributed by atoms with Crippen LogP contribution in [0, 0.1) is 0 Å². The van der Waals surface area contributed by atoms with Crippen molar-refractivity contribution >= 4 is 101 Å². The first-order chi connectivity index (χ1) is 47.2. The minimum atomic E-state index is -0.269. The van der Waals surface area contributed by atoms with Gasteiger partial charge in [0, 0.05) is 66.5 Å². The van der Waals surface area contributed by atoms with E-state index in [1.807, 2.05) is 0 Å². The zero-order chi connectivity index (χ0) is 62.5. The van der Waals surface area contributed by atoms with Crippen molar-refractivity contribution in [2.75, 3.05) is 9.80 Å². The molecule has 5 heteroatoms. The Morgan fingerprint density at radius 1 is 0.211 bits per heavy atom. The Labute approximate surface area is 552 Å². The number of nitrogens with zero attached hydrogens (tertiary/aromatic N) is 4. The fraction of sp³-hybridized carbons (Fsp3) is 0. The number of anilines is 6. The summed E-state index contributed by atoms with van der Waals surface area (Å²) < 4.78 is 5.05. The smallest absolute Gasteiger partial charge is 0.252 e. The maximum absolute atomic E-state index is 2.73. The molecule has 0 aliphatic carbocycles. The average molecular weight is 1210 g/mol. The van der Waals surface area contributed by atoms with E-state index in [-0.39, 0.29) is 6.71 Å². The minimum Gasteiger partial charge on any atom is -0.310 e. The van der Waals surface area contributed by atoms with E-state index in [2.05, 4.69) is 377 Å². The monoisotopic (exact) mass is 1210 g/mol. The van der Waals surface area contributed by atoms with E-state index in [4.69, 9.17) is 0 Å². The minimum absolute atomic E-state index is 0.269. The summed E-state index contributed by atoms with van der Waals surface area (Å²) in [6.45, 7) is -0.269. The highest BCUT2D eigenvalue weighted by atomic mass is 15.2. The van der Waals surface area contributed by atoms with Crippen LogP contribution >= 0.6 is 0 Å². The second kappa shape index (κ2) is 22.2. The van der Waals surface area contributed by atoms with E-state index in [0.717, 1.165) is 118 Å². The van der Waals surface area contributed by atoms with Gasteiger partial charge in [0.2, 0.25) is 0 Å². The molecule has 0 atom stereocenters. The third kappa shape index (κ3) is 8.63. The van der Waals surface area contributed by atoms with Crippen molar-refractivity contribution in [3.05, 3.63) is 358 Å². The van der Waals surface area contributed by atoms with Crippen molar-refractivity contribution in [2.24, 2.45) is 0 Å². The quantitative estimate of drug-likeness (QED) is 0.127. The van der Waals surface area contributed by atoms with Crippen LogP contribution in [-0.2, 0) is 0 Å². The average Bonchev–Trinajstić information content (AvgIpc) is 1.66. The van der Waals surface area contributed by atoms with E-state index in [1.165, 1.54) is 54.6 Å². The molecule has 95 heavy (non-hydrogen) atoms. The fourth-order valence-electron chi connectivity index (χ4n) is 15.8. The number of hydrogen-bond acceptors (Lipinski definition) is 2. The van der Waals surface area contributed by atoms with Gasteiger partial charge in [-0.25, -0.2) is 0 Å². The highest BCUT2D eigenvalue weighted by molar-refractivity contribution is 7.00. The Balaban J connectivity index is 1.03. The van der Waals surface area contributed by atoms with E-state index in [1.54, 1.807) is 0 Å². The van der Waals surface area contributed by atoms with Gasteiger partial charge in [-0.2, -0.15) is 0 Å². The third-order valence-corrected chi connectivity index (χ3v) is 19.9. The van der Waals surface area contributed by atoms with Crippen LogP contribution < -0.4 is 26.2 Å². The first-order valence-electron chi connectivity index (χ1n) is 32.9. The second-order valence-corrected chi connectivity index (χ2v) is 25.0. The van der Waals surface area contributed by atoms with E-state index >= 15 is 0 Å². The number of fused-ring (bicyclic) bond motifs is 11. The van der Waals surface area contributed by atoms with Crippen molar-refractivity contribution in [1.29, 1.82) is 0 Å². The lowest BCUT2D eigenvalue weighted by Crippen LogP contribution is -2.61. The molecule has 15 aromatic carbocycles. The van der Waals surface area contributed by atoms with Crippen LogP contribution in [0.2, 0.25) is 0 Å². The molecule has 0 unspecified atom stereocenters. The molecule has 0 N–H and O–H groups in total. The molecule has 4 heterocycles. The lowest BCUT2D eigenvalue weighted by molar-refractivity contribution is 1.16. The molecule has 0 spiro atoms. The summed E-state index contributed by atoms with van der Waals surface area (Å²) in [7, 11) is 0. The summed E-state index contributed by atoms with van der Waals surface area (Å²) in [5.74, 6) is 0. The molecule has 4 nitrogen and oxygen atoms in total. The van der Waals surface area contributed by atoms with Crippen molar-refractivity contribution in [3.63, 3.8) is 0 Å². The maximum Gasteiger partial charge on any atom is 0.252 e. The van der Waals surface area contributed by atoms with Crippen molar-refractivity contribution in [3.8, 4) is 78.1 Å². The number of aromatic nitrogens is 2. The molecular weight excluding hydrogens is 1150 g/mol. The molecule has 0 bridgehead atoms. The Kier molecular flexibility index (Phi) is 12.7. The highest BCUT2D eigenvalue weighted by Crippen LogP contribution is 2.56. The lowest BCUT2D eigenvalue weighted by Gasteiger charge is -2.46. The van der Waals surface area contributed by atoms with Gasteiger partial charge in [-0.1, -0.05) is 303 Å². The van der Waals surface area contributed by atoms with E-state index in [0.29, 0.717) is 0 Å². The predicted octanol–water partition coefficient (Wildman–Crippen LogP) is 22.0. The molecule has 0 amide bonds. The molecule has 442 valence electrons. The SMILES string of the molecule is c1ccc(-c2cccc(-n3c4ccccc4c4c5c(ccc43)B3c4cc(-c6ccccc6)ccc4N(c4c(-c6ccccc6)cccc4-c4ccccc4)c4cc(-n6c7ccccc7c7ccccc76)cc(c43)N5c3c(-c4ccccc4)cccc3-c3ccccc3)c2)cc1. The molecule has 0 saturated heterocycles. The molecule has 2 aliphatic heterocycles. The van der Waals surface area contributed by atoms with E-state index < -0.39 is 0 Å². The van der Waals surface area contributed by atoms with Crippen LogP contribution in [0.25, 0.3) is 122 Å². The van der Waals surface area contributed by atoms with Crippen LogP contribution in [0.1, 0.15) is 0 Å². The molecule has 17 aromatic rings. The number of benzene rings is 15. The van der Waals surface area contributed by atoms with Crippen LogP contribution in [0.3, 0.4) is 0 Å². The lowest BCUT2D eigenvalue weighted by atomic mass is 9.33. The number of para-hydroxylation sites is 5. The van der Waals surface area contributed by atoms with Gasteiger partial charge in [-0.05, 0) is 115 Å². The maximum atomic E-state index is 2.73. The van der Waals surface area contributed by atoms with Gasteiger partial charge in [0.15, 0.2) is 0 Å². The largest absolute Gasteiger partial charge is 0.310 e. The summed E-state index contributed by atoms with van der Waals surface area (Å²) in [6.07, 6.45) is 0. The van der Waals surface area contributed by atoms with Gasteiger partial charge in [0.25, 0.3) is 6.71 Å². The van der Waals surface area contributed by atoms with Crippen LogP contribution in [0.5, 0.6) is 0 Å². The van der Waals surface area contributed by atoms with Crippen LogP contribution in [0.15, 0.2) is 358 Å². The Morgan fingerprint density at radius 2 is 0.600 bits per heavy atom. The topological polar surface area (TPSA) is 16.3 Å². The van der Waals surface area contributed by atoms with Crippen molar-refractivity contribution in [1.82, 2.24) is 9.13 Å². The summed E-state index contributed by atoms with van der Waals surface area (Å²) in [6, 6.07) is 133. The van der Waals surface area contributed by atoms with Gasteiger partial charge in [-0.15, -0.1) is 0 Å². The Bertz CT molecular complexity index is 5670. The van der Waals surface area contributed by atoms with Crippen LogP contribution in [0.4, 0.5) is 34.1 Å². The number of hydrogen-bond donors (Lipinski definition) is 0. The number of rotatable bonds is 10. The molecule has 2 aliphatic rings. The standard InChI is InChI=1S/C90H59BN4/c1-7-28-60(29-8-1)66-40-25-41-68(56-66)92-81-51-24-21-44-76(81)86-83(92)55-53-77-90(86)95(89-72(64-36-15-5-16-37-64)47-27-48-73(89)65-38-17-6-18-39-65)85-59-69(93-79-49-22-19-42-74(79)75-43-20-23-50-80(75)93)58-84-87(85)91(77)78-57-67(61-30-9-2-10-31-61)52-54-82(78)94(84)88-70(62-32-11-3-12-33-62)45-26-46-71(88)63-34-13-4-14-35-63/h1-59H. The Hall–Kier alpha value is -12.4.